The van der Waals surface area contributed by atoms with Gasteiger partial charge in [0.25, 0.3) is 11.6 Å². The Labute approximate surface area is 221 Å². The molecule has 0 saturated carbocycles. The van der Waals surface area contributed by atoms with Gasteiger partial charge in [-0.2, -0.15) is 0 Å². The molecule has 0 aliphatic heterocycles. The molecule has 1 heterocycles. The molecule has 0 atom stereocenters. The normalized spacial score (nSPS) is 12.7. The number of hydrogen-bond acceptors (Lipinski definition) is 8. The summed E-state index contributed by atoms with van der Waals surface area (Å²) in [6.45, 7) is 0. The minimum atomic E-state index is -0.525. The molecule has 2 aromatic carbocycles. The van der Waals surface area contributed by atoms with Gasteiger partial charge < -0.3 is 15.4 Å². The Morgan fingerprint density at radius 2 is 1.81 bits per heavy atom. The van der Waals surface area contributed by atoms with Gasteiger partial charge >= 0.3 is 5.97 Å². The molecule has 2 amide bonds. The standard InChI is InChI=1S/C26H25N3O6S2/c1-35-26(32)23-20-8-3-2-4-9-21(20)37-25(23)28-22(30)15-36-19-7-5-6-17(14-19)27-24(31)16-10-12-18(13-11-16)29(33)34/h5-7,10-14H,2-4,8-9,15H2,1H3,(H,27,31)(H,28,30). The first kappa shape index (κ1) is 26.4. The molecule has 192 valence electrons. The summed E-state index contributed by atoms with van der Waals surface area (Å²) in [5, 5.41) is 17.0. The fourth-order valence-electron chi connectivity index (χ4n) is 4.06. The smallest absolute Gasteiger partial charge is 0.341 e. The Morgan fingerprint density at radius 1 is 1.05 bits per heavy atom. The van der Waals surface area contributed by atoms with Gasteiger partial charge in [0, 0.05) is 33.2 Å². The number of nitrogens with zero attached hydrogens (tertiary/aromatic N) is 1. The van der Waals surface area contributed by atoms with Gasteiger partial charge in [0.15, 0.2) is 0 Å². The zero-order valence-corrected chi connectivity index (χ0v) is 21.7. The Kier molecular flexibility index (Phi) is 8.57. The number of carbonyl (C=O) groups is 3. The van der Waals surface area contributed by atoms with Crippen molar-refractivity contribution < 1.29 is 24.0 Å². The molecule has 1 aliphatic carbocycles. The van der Waals surface area contributed by atoms with Crippen LogP contribution >= 0.6 is 23.1 Å². The molecule has 9 nitrogen and oxygen atoms in total. The average molecular weight is 540 g/mol. The summed E-state index contributed by atoms with van der Waals surface area (Å²) < 4.78 is 4.99. The van der Waals surface area contributed by atoms with Crippen LogP contribution in [0.3, 0.4) is 0 Å². The highest BCUT2D eigenvalue weighted by Crippen LogP contribution is 2.38. The second-order valence-electron chi connectivity index (χ2n) is 8.38. The molecule has 0 bridgehead atoms. The van der Waals surface area contributed by atoms with E-state index in [0.29, 0.717) is 21.8 Å². The van der Waals surface area contributed by atoms with Crippen molar-refractivity contribution in [2.75, 3.05) is 23.5 Å². The van der Waals surface area contributed by atoms with Gasteiger partial charge in [0.05, 0.1) is 23.3 Å². The van der Waals surface area contributed by atoms with Crippen LogP contribution in [0.5, 0.6) is 0 Å². The second-order valence-corrected chi connectivity index (χ2v) is 10.5. The van der Waals surface area contributed by atoms with Crippen molar-refractivity contribution in [3.05, 3.63) is 80.2 Å². The number of carbonyl (C=O) groups excluding carboxylic acids is 3. The van der Waals surface area contributed by atoms with Crippen molar-refractivity contribution in [3.63, 3.8) is 0 Å². The number of methoxy groups -OCH3 is 1. The molecular weight excluding hydrogens is 514 g/mol. The second kappa shape index (κ2) is 12.0. The summed E-state index contributed by atoms with van der Waals surface area (Å²) in [5.41, 5.74) is 2.19. The number of hydrogen-bond donors (Lipinski definition) is 2. The van der Waals surface area contributed by atoms with Crippen molar-refractivity contribution in [2.24, 2.45) is 0 Å². The first-order valence-corrected chi connectivity index (χ1v) is 13.5. The SMILES string of the molecule is COC(=O)c1c(NC(=O)CSc2cccc(NC(=O)c3ccc([N+](=O)[O-])cc3)c2)sc2c1CCCCC2. The van der Waals surface area contributed by atoms with Crippen molar-refractivity contribution in [1.29, 1.82) is 0 Å². The van der Waals surface area contributed by atoms with E-state index in [-0.39, 0.29) is 17.3 Å². The molecule has 0 fully saturated rings. The highest BCUT2D eigenvalue weighted by Gasteiger charge is 2.26. The Hall–Kier alpha value is -3.70. The lowest BCUT2D eigenvalue weighted by atomic mass is 10.1. The summed E-state index contributed by atoms with van der Waals surface area (Å²) in [6, 6.07) is 12.4. The fraction of sp³-hybridized carbons (Fsp3) is 0.269. The van der Waals surface area contributed by atoms with Gasteiger partial charge in [-0.1, -0.05) is 12.5 Å². The Morgan fingerprint density at radius 3 is 2.54 bits per heavy atom. The molecule has 2 N–H and O–H groups in total. The van der Waals surface area contributed by atoms with E-state index in [1.807, 2.05) is 6.07 Å². The maximum Gasteiger partial charge on any atom is 0.341 e. The van der Waals surface area contributed by atoms with E-state index in [9.17, 15) is 24.5 Å². The van der Waals surface area contributed by atoms with E-state index in [2.05, 4.69) is 10.6 Å². The van der Waals surface area contributed by atoms with Gasteiger partial charge in [0.1, 0.15) is 5.00 Å². The fourth-order valence-corrected chi connectivity index (χ4v) is 6.11. The number of aryl methyl sites for hydroxylation is 1. The Balaban J connectivity index is 1.38. The van der Waals surface area contributed by atoms with Crippen LogP contribution in [0.15, 0.2) is 53.4 Å². The zero-order valence-electron chi connectivity index (χ0n) is 20.1. The average Bonchev–Trinajstić information content (AvgIpc) is 3.06. The number of benzene rings is 2. The van der Waals surface area contributed by atoms with E-state index in [4.69, 9.17) is 4.74 Å². The van der Waals surface area contributed by atoms with Crippen molar-refractivity contribution >= 4 is 57.3 Å². The largest absolute Gasteiger partial charge is 0.465 e. The summed E-state index contributed by atoms with van der Waals surface area (Å²) in [7, 11) is 1.35. The zero-order chi connectivity index (χ0) is 26.4. The molecule has 1 aliphatic rings. The number of ether oxygens (including phenoxy) is 1. The first-order chi connectivity index (χ1) is 17.9. The molecular formula is C26H25N3O6S2. The molecule has 11 heteroatoms. The van der Waals surface area contributed by atoms with Crippen LogP contribution in [0, 0.1) is 10.1 Å². The van der Waals surface area contributed by atoms with Crippen LogP contribution in [0.1, 0.15) is 50.4 Å². The van der Waals surface area contributed by atoms with Gasteiger partial charge in [0.2, 0.25) is 5.91 Å². The maximum atomic E-state index is 12.8. The number of nitro benzene ring substituents is 1. The molecule has 4 rings (SSSR count). The number of anilines is 2. The highest BCUT2D eigenvalue weighted by atomic mass is 32.2. The first-order valence-electron chi connectivity index (χ1n) is 11.7. The number of thioether (sulfide) groups is 1. The molecule has 37 heavy (non-hydrogen) atoms. The van der Waals surface area contributed by atoms with Crippen molar-refractivity contribution in [3.8, 4) is 0 Å². The highest BCUT2D eigenvalue weighted by molar-refractivity contribution is 8.00. The number of nitro groups is 1. The monoisotopic (exact) mass is 539 g/mol. The predicted octanol–water partition coefficient (Wildman–Crippen LogP) is 5.69. The molecule has 0 spiro atoms. The number of non-ortho nitro benzene ring substituents is 1. The van der Waals surface area contributed by atoms with Crippen molar-refractivity contribution in [1.82, 2.24) is 0 Å². The lowest BCUT2D eigenvalue weighted by molar-refractivity contribution is -0.384. The van der Waals surface area contributed by atoms with Gasteiger partial charge in [-0.25, -0.2) is 4.79 Å². The van der Waals surface area contributed by atoms with Crippen LogP contribution in [0.2, 0.25) is 0 Å². The third kappa shape index (κ3) is 6.55. The molecule has 1 aromatic heterocycles. The van der Waals surface area contributed by atoms with Crippen LogP contribution in [0.4, 0.5) is 16.4 Å². The quantitative estimate of drug-likeness (QED) is 0.124. The molecule has 0 saturated heterocycles. The lowest BCUT2D eigenvalue weighted by Gasteiger charge is -2.09. The molecule has 0 radical (unpaired) electrons. The number of amides is 2. The number of thiophene rings is 1. The van der Waals surface area contributed by atoms with E-state index in [0.717, 1.165) is 47.4 Å². The van der Waals surface area contributed by atoms with Gasteiger partial charge in [-0.05, 0) is 61.6 Å². The number of esters is 1. The summed E-state index contributed by atoms with van der Waals surface area (Å²) in [4.78, 5) is 49.9. The number of rotatable bonds is 8. The third-order valence-electron chi connectivity index (χ3n) is 5.87. The summed E-state index contributed by atoms with van der Waals surface area (Å²) in [6.07, 6.45) is 4.89. The topological polar surface area (TPSA) is 128 Å². The number of nitrogens with one attached hydrogen (secondary N) is 2. The predicted molar refractivity (Wildman–Crippen MR) is 144 cm³/mol. The molecule has 3 aromatic rings. The van der Waals surface area contributed by atoms with E-state index in [1.165, 1.54) is 54.5 Å². The maximum absolute atomic E-state index is 12.8. The van der Waals surface area contributed by atoms with Crippen LogP contribution in [0.25, 0.3) is 0 Å². The van der Waals surface area contributed by atoms with E-state index >= 15 is 0 Å². The minimum Gasteiger partial charge on any atom is -0.465 e. The van der Waals surface area contributed by atoms with Crippen LogP contribution in [-0.2, 0) is 22.4 Å². The summed E-state index contributed by atoms with van der Waals surface area (Å²) in [5.74, 6) is -0.962. The summed E-state index contributed by atoms with van der Waals surface area (Å²) >= 11 is 2.75. The minimum absolute atomic E-state index is 0.0925. The van der Waals surface area contributed by atoms with Crippen LogP contribution < -0.4 is 10.6 Å². The lowest BCUT2D eigenvalue weighted by Crippen LogP contribution is -2.16. The van der Waals surface area contributed by atoms with Gasteiger partial charge in [-0.3, -0.25) is 19.7 Å². The Bertz CT molecular complexity index is 1340. The number of fused-ring (bicyclic) bond motifs is 1. The van der Waals surface area contributed by atoms with Gasteiger partial charge in [-0.15, -0.1) is 23.1 Å². The van der Waals surface area contributed by atoms with E-state index in [1.54, 1.807) is 18.2 Å². The molecule has 0 unspecified atom stereocenters. The van der Waals surface area contributed by atoms with Crippen LogP contribution in [-0.4, -0.2) is 35.6 Å². The third-order valence-corrected chi connectivity index (χ3v) is 8.07. The van der Waals surface area contributed by atoms with E-state index < -0.39 is 16.8 Å². The van der Waals surface area contributed by atoms with Crippen molar-refractivity contribution in [2.45, 2.75) is 37.0 Å².